The standard InChI is InChI=1S/C22H30ClN5O2.HI/c1-4-24-22(26-12-9-16-14-18(29-2)7-8-20(16)30-3)27-17-10-13-28(15-17)21-19(23)6-5-11-25-21;/h5-8,11,14,17H,4,9-10,12-13,15H2,1-3H3,(H2,24,26,27);1H. The number of ether oxygens (including phenoxy) is 2. The highest BCUT2D eigenvalue weighted by Gasteiger charge is 2.25. The van der Waals surface area contributed by atoms with Crippen molar-refractivity contribution in [2.24, 2.45) is 4.99 Å². The predicted molar refractivity (Wildman–Crippen MR) is 138 cm³/mol. The maximum Gasteiger partial charge on any atom is 0.191 e. The van der Waals surface area contributed by atoms with Crippen LogP contribution in [0.1, 0.15) is 18.9 Å². The predicted octanol–water partition coefficient (Wildman–Crippen LogP) is 3.75. The second kappa shape index (κ2) is 12.8. The topological polar surface area (TPSA) is 71.0 Å². The Morgan fingerprint density at radius 3 is 2.84 bits per heavy atom. The highest BCUT2D eigenvalue weighted by atomic mass is 127. The van der Waals surface area contributed by atoms with Gasteiger partial charge in [0.15, 0.2) is 5.96 Å². The fraction of sp³-hybridized carbons (Fsp3) is 0.455. The molecule has 0 radical (unpaired) electrons. The van der Waals surface area contributed by atoms with Gasteiger partial charge in [-0.15, -0.1) is 24.0 Å². The third-order valence-electron chi connectivity index (χ3n) is 5.05. The summed E-state index contributed by atoms with van der Waals surface area (Å²) in [6.45, 7) is 5.26. The Balaban J connectivity index is 0.00000341. The molecule has 1 saturated heterocycles. The van der Waals surface area contributed by atoms with Crippen LogP contribution in [-0.4, -0.2) is 57.4 Å². The van der Waals surface area contributed by atoms with Gasteiger partial charge in [-0.25, -0.2) is 4.98 Å². The van der Waals surface area contributed by atoms with Gasteiger partial charge in [-0.05, 0) is 55.7 Å². The monoisotopic (exact) mass is 559 g/mol. The lowest BCUT2D eigenvalue weighted by atomic mass is 10.1. The molecule has 2 heterocycles. The second-order valence-corrected chi connectivity index (χ2v) is 7.48. The van der Waals surface area contributed by atoms with Gasteiger partial charge < -0.3 is 25.0 Å². The lowest BCUT2D eigenvalue weighted by Crippen LogP contribution is -2.44. The van der Waals surface area contributed by atoms with Crippen molar-refractivity contribution in [2.45, 2.75) is 25.8 Å². The molecule has 2 N–H and O–H groups in total. The number of methoxy groups -OCH3 is 2. The molecule has 0 bridgehead atoms. The zero-order valence-electron chi connectivity index (χ0n) is 18.2. The summed E-state index contributed by atoms with van der Waals surface area (Å²) in [5.41, 5.74) is 1.08. The Morgan fingerprint density at radius 2 is 2.13 bits per heavy atom. The van der Waals surface area contributed by atoms with Gasteiger partial charge in [-0.3, -0.25) is 4.99 Å². The van der Waals surface area contributed by atoms with Crippen LogP contribution < -0.4 is 25.0 Å². The van der Waals surface area contributed by atoms with Gasteiger partial charge >= 0.3 is 0 Å². The molecule has 7 nitrogen and oxygen atoms in total. The molecule has 0 aliphatic carbocycles. The third kappa shape index (κ3) is 7.03. The van der Waals surface area contributed by atoms with Crippen LogP contribution in [0.3, 0.4) is 0 Å². The first-order chi connectivity index (χ1) is 14.6. The smallest absolute Gasteiger partial charge is 0.191 e. The minimum Gasteiger partial charge on any atom is -0.497 e. The number of nitrogens with zero attached hydrogens (tertiary/aromatic N) is 3. The number of benzene rings is 1. The summed E-state index contributed by atoms with van der Waals surface area (Å²) >= 11 is 6.30. The minimum atomic E-state index is 0. The summed E-state index contributed by atoms with van der Waals surface area (Å²) in [6.07, 6.45) is 3.54. The summed E-state index contributed by atoms with van der Waals surface area (Å²) < 4.78 is 10.8. The lowest BCUT2D eigenvalue weighted by Gasteiger charge is -2.20. The van der Waals surface area contributed by atoms with Gasteiger partial charge in [0.05, 0.1) is 19.2 Å². The Kier molecular flexibility index (Phi) is 10.5. The lowest BCUT2D eigenvalue weighted by molar-refractivity contribution is 0.399. The van der Waals surface area contributed by atoms with Crippen LogP contribution in [0.15, 0.2) is 41.5 Å². The Bertz CT molecular complexity index is 868. The fourth-order valence-electron chi connectivity index (χ4n) is 3.56. The molecule has 1 fully saturated rings. The number of aromatic nitrogens is 1. The quantitative estimate of drug-likeness (QED) is 0.292. The van der Waals surface area contributed by atoms with E-state index in [0.29, 0.717) is 11.6 Å². The fourth-order valence-corrected chi connectivity index (χ4v) is 3.80. The van der Waals surface area contributed by atoms with Crippen molar-refractivity contribution in [3.63, 3.8) is 0 Å². The molecule has 3 rings (SSSR count). The summed E-state index contributed by atoms with van der Waals surface area (Å²) in [5.74, 6) is 3.33. The number of pyridine rings is 1. The van der Waals surface area contributed by atoms with E-state index < -0.39 is 0 Å². The summed E-state index contributed by atoms with van der Waals surface area (Å²) in [4.78, 5) is 11.4. The van der Waals surface area contributed by atoms with Crippen LogP contribution >= 0.6 is 35.6 Å². The van der Waals surface area contributed by atoms with Gasteiger partial charge in [-0.2, -0.15) is 0 Å². The van der Waals surface area contributed by atoms with Gasteiger partial charge in [0, 0.05) is 38.4 Å². The third-order valence-corrected chi connectivity index (χ3v) is 5.35. The Labute approximate surface area is 206 Å². The average molecular weight is 560 g/mol. The van der Waals surface area contributed by atoms with Crippen molar-refractivity contribution in [3.05, 3.63) is 47.1 Å². The Morgan fingerprint density at radius 1 is 1.29 bits per heavy atom. The molecule has 9 heteroatoms. The molecule has 0 saturated carbocycles. The summed E-state index contributed by atoms with van der Waals surface area (Å²) in [5, 5.41) is 7.57. The van der Waals surface area contributed by atoms with Crippen LogP contribution in [-0.2, 0) is 6.42 Å². The largest absolute Gasteiger partial charge is 0.497 e. The molecule has 1 unspecified atom stereocenters. The molecular weight excluding hydrogens is 529 g/mol. The number of aliphatic imine (C=N–C) groups is 1. The van der Waals surface area contributed by atoms with E-state index in [-0.39, 0.29) is 30.0 Å². The molecule has 0 amide bonds. The van der Waals surface area contributed by atoms with Crippen LogP contribution in [0.5, 0.6) is 11.5 Å². The zero-order valence-corrected chi connectivity index (χ0v) is 21.3. The highest BCUT2D eigenvalue weighted by Crippen LogP contribution is 2.26. The number of anilines is 1. The summed E-state index contributed by atoms with van der Waals surface area (Å²) in [7, 11) is 3.35. The van der Waals surface area contributed by atoms with E-state index in [1.54, 1.807) is 20.4 Å². The number of rotatable bonds is 8. The first-order valence-electron chi connectivity index (χ1n) is 10.3. The molecule has 1 aliphatic rings. The van der Waals surface area contributed by atoms with E-state index in [0.717, 1.165) is 61.3 Å². The normalized spacial score (nSPS) is 15.9. The van der Waals surface area contributed by atoms with Crippen LogP contribution in [0.25, 0.3) is 0 Å². The number of hydrogen-bond donors (Lipinski definition) is 2. The van der Waals surface area contributed by atoms with E-state index in [1.807, 2.05) is 30.3 Å². The molecule has 1 atom stereocenters. The van der Waals surface area contributed by atoms with Gasteiger partial charge in [0.1, 0.15) is 17.3 Å². The van der Waals surface area contributed by atoms with Crippen molar-refractivity contribution in [1.29, 1.82) is 0 Å². The second-order valence-electron chi connectivity index (χ2n) is 7.07. The molecule has 1 aliphatic heterocycles. The van der Waals surface area contributed by atoms with Crippen molar-refractivity contribution >= 4 is 47.4 Å². The van der Waals surface area contributed by atoms with Gasteiger partial charge in [0.2, 0.25) is 0 Å². The minimum absolute atomic E-state index is 0. The molecule has 2 aromatic rings. The molecule has 1 aromatic heterocycles. The van der Waals surface area contributed by atoms with Gasteiger partial charge in [-0.1, -0.05) is 11.6 Å². The van der Waals surface area contributed by atoms with E-state index in [9.17, 15) is 0 Å². The number of guanidine groups is 1. The molecule has 31 heavy (non-hydrogen) atoms. The van der Waals surface area contributed by atoms with Crippen molar-refractivity contribution in [2.75, 3.05) is 45.3 Å². The first kappa shape index (κ1) is 25.3. The first-order valence-corrected chi connectivity index (χ1v) is 10.6. The van der Waals surface area contributed by atoms with E-state index in [4.69, 9.17) is 26.1 Å². The number of halogens is 2. The maximum atomic E-state index is 6.30. The maximum absolute atomic E-state index is 6.30. The number of nitrogens with one attached hydrogen (secondary N) is 2. The molecule has 170 valence electrons. The molecule has 0 spiro atoms. The average Bonchev–Trinajstić information content (AvgIpc) is 3.22. The van der Waals surface area contributed by atoms with Gasteiger partial charge in [0.25, 0.3) is 0 Å². The summed E-state index contributed by atoms with van der Waals surface area (Å²) in [6, 6.07) is 9.84. The number of hydrogen-bond acceptors (Lipinski definition) is 5. The molecule has 1 aromatic carbocycles. The van der Waals surface area contributed by atoms with Crippen molar-refractivity contribution < 1.29 is 9.47 Å². The van der Waals surface area contributed by atoms with E-state index in [2.05, 4.69) is 27.4 Å². The van der Waals surface area contributed by atoms with Crippen molar-refractivity contribution in [1.82, 2.24) is 15.6 Å². The Hall–Kier alpha value is -1.94. The SMILES string of the molecule is CCNC(=NCCc1cc(OC)ccc1OC)NC1CCN(c2ncccc2Cl)C1.I. The van der Waals surface area contributed by atoms with Crippen LogP contribution in [0.2, 0.25) is 5.02 Å². The molecular formula is C22H31ClIN5O2. The van der Waals surface area contributed by atoms with Crippen LogP contribution in [0.4, 0.5) is 5.82 Å². The van der Waals surface area contributed by atoms with E-state index >= 15 is 0 Å². The van der Waals surface area contributed by atoms with Crippen molar-refractivity contribution in [3.8, 4) is 11.5 Å². The highest BCUT2D eigenvalue weighted by molar-refractivity contribution is 14.0. The van der Waals surface area contributed by atoms with Crippen LogP contribution in [0, 0.1) is 0 Å². The van der Waals surface area contributed by atoms with E-state index in [1.165, 1.54) is 0 Å². The zero-order chi connectivity index (χ0) is 21.3.